The lowest BCUT2D eigenvalue weighted by atomic mass is 9.82. The largest absolute Gasteiger partial charge is 0.447 e. The molecule has 0 aliphatic heterocycles. The fourth-order valence-corrected chi connectivity index (χ4v) is 5.43. The van der Waals surface area contributed by atoms with Gasteiger partial charge in [-0.15, -0.1) is 0 Å². The van der Waals surface area contributed by atoms with Gasteiger partial charge in [0.05, 0.1) is 17.6 Å². The van der Waals surface area contributed by atoms with Gasteiger partial charge in [-0.25, -0.2) is 4.79 Å². The molecule has 1 heterocycles. The molecule has 9 heteroatoms. The van der Waals surface area contributed by atoms with Crippen molar-refractivity contribution in [2.24, 2.45) is 4.99 Å². The number of fused-ring (bicyclic) bond motifs is 1. The zero-order valence-corrected chi connectivity index (χ0v) is 27.6. The van der Waals surface area contributed by atoms with Gasteiger partial charge in [0.15, 0.2) is 0 Å². The number of hydrogen-bond donors (Lipinski definition) is 3. The van der Waals surface area contributed by atoms with Crippen LogP contribution in [0.5, 0.6) is 0 Å². The number of aromatic amines is 1. The Kier molecular flexibility index (Phi) is 12.0. The molecule has 0 radical (unpaired) electrons. The number of hydrogen-bond acceptors (Lipinski definition) is 5. The zero-order chi connectivity index (χ0) is 32.4. The van der Waals surface area contributed by atoms with Crippen molar-refractivity contribution in [2.75, 3.05) is 26.2 Å². The maximum absolute atomic E-state index is 13.5. The number of benzene rings is 2. The molecule has 0 fully saturated rings. The Bertz CT molecular complexity index is 1500. The van der Waals surface area contributed by atoms with E-state index in [0.29, 0.717) is 51.4 Å². The number of likely N-dealkylation sites (N-methyl/N-ethyl adjacent to an activating group) is 1. The number of aromatic nitrogens is 1. The van der Waals surface area contributed by atoms with Crippen LogP contribution in [0, 0.1) is 25.2 Å². The topological polar surface area (TPSA) is 123 Å². The molecule has 0 saturated heterocycles. The van der Waals surface area contributed by atoms with Gasteiger partial charge in [-0.05, 0) is 109 Å². The third-order valence-electron chi connectivity index (χ3n) is 7.67. The van der Waals surface area contributed by atoms with Crippen molar-refractivity contribution < 1.29 is 14.3 Å². The van der Waals surface area contributed by atoms with Crippen LogP contribution in [0.15, 0.2) is 41.4 Å². The number of aliphatic imine (C=N–C) groups is 1. The minimum Gasteiger partial charge on any atom is -0.447 e. The standard InChI is InChI=1S/C35H48N6O3/c1-9-41(10-2)32(42)35(7,8)27-13-14-30-29(22-27)28(31(39-30)26-20-24(5)19-25(6)21-26)15-18-38-33(37-17-12-11-16-36)40-34(43)44-23(3)4/h13-14,19-23,39H,9-12,15,17-18H2,1-8H3,(H2,37,38,40,43). The van der Waals surface area contributed by atoms with Gasteiger partial charge in [0.2, 0.25) is 11.9 Å². The van der Waals surface area contributed by atoms with Gasteiger partial charge in [-0.1, -0.05) is 23.3 Å². The fourth-order valence-electron chi connectivity index (χ4n) is 5.43. The van der Waals surface area contributed by atoms with Crippen molar-refractivity contribution in [3.63, 3.8) is 0 Å². The maximum atomic E-state index is 13.5. The quantitative estimate of drug-likeness (QED) is 0.124. The highest BCUT2D eigenvalue weighted by Crippen LogP contribution is 2.35. The number of aryl methyl sites for hydroxylation is 2. The number of unbranched alkanes of at least 4 members (excludes halogenated alkanes) is 1. The number of guanidine groups is 1. The lowest BCUT2D eigenvalue weighted by Gasteiger charge is -2.31. The number of amides is 2. The summed E-state index contributed by atoms with van der Waals surface area (Å²) in [5.41, 5.74) is 6.84. The summed E-state index contributed by atoms with van der Waals surface area (Å²) < 4.78 is 5.26. The van der Waals surface area contributed by atoms with E-state index < -0.39 is 11.5 Å². The third kappa shape index (κ3) is 8.62. The highest BCUT2D eigenvalue weighted by atomic mass is 16.6. The molecule has 2 amide bonds. The number of nitrogens with one attached hydrogen (secondary N) is 3. The van der Waals surface area contributed by atoms with E-state index in [0.717, 1.165) is 33.3 Å². The summed E-state index contributed by atoms with van der Waals surface area (Å²) in [5, 5.41) is 15.9. The number of carbonyl (C=O) groups excluding carboxylic acids is 2. The highest BCUT2D eigenvalue weighted by molar-refractivity contribution is 5.95. The summed E-state index contributed by atoms with van der Waals surface area (Å²) in [7, 11) is 0. The molecule has 0 unspecified atom stereocenters. The van der Waals surface area contributed by atoms with Crippen LogP contribution in [-0.2, 0) is 21.4 Å². The summed E-state index contributed by atoms with van der Waals surface area (Å²) in [4.78, 5) is 35.9. The van der Waals surface area contributed by atoms with Gasteiger partial charge in [0, 0.05) is 49.2 Å². The molecule has 44 heavy (non-hydrogen) atoms. The van der Waals surface area contributed by atoms with Crippen LogP contribution in [-0.4, -0.2) is 60.1 Å². The number of carbonyl (C=O) groups is 2. The Morgan fingerprint density at radius 2 is 1.77 bits per heavy atom. The van der Waals surface area contributed by atoms with Crippen molar-refractivity contribution >= 4 is 28.9 Å². The second kappa shape index (κ2) is 15.4. The number of rotatable bonds is 12. The highest BCUT2D eigenvalue weighted by Gasteiger charge is 2.33. The molecule has 2 aromatic carbocycles. The maximum Gasteiger partial charge on any atom is 0.414 e. The van der Waals surface area contributed by atoms with Gasteiger partial charge in [0.25, 0.3) is 0 Å². The number of H-pyrrole nitrogens is 1. The Morgan fingerprint density at radius 1 is 1.09 bits per heavy atom. The summed E-state index contributed by atoms with van der Waals surface area (Å²) >= 11 is 0. The molecule has 3 N–H and O–H groups in total. The second-order valence-corrected chi connectivity index (χ2v) is 12.0. The van der Waals surface area contributed by atoms with Crippen molar-refractivity contribution in [1.82, 2.24) is 20.5 Å². The van der Waals surface area contributed by atoms with Crippen LogP contribution in [0.4, 0.5) is 4.79 Å². The fraction of sp³-hybridized carbons (Fsp3) is 0.486. The average Bonchev–Trinajstić information content (AvgIpc) is 3.32. The van der Waals surface area contributed by atoms with Crippen molar-refractivity contribution in [1.29, 1.82) is 5.26 Å². The molecule has 9 nitrogen and oxygen atoms in total. The Balaban J connectivity index is 2.02. The van der Waals surface area contributed by atoms with E-state index in [1.54, 1.807) is 13.8 Å². The van der Waals surface area contributed by atoms with Gasteiger partial charge in [0.1, 0.15) is 0 Å². The van der Waals surface area contributed by atoms with Crippen LogP contribution in [0.1, 0.15) is 76.6 Å². The average molecular weight is 601 g/mol. The third-order valence-corrected chi connectivity index (χ3v) is 7.67. The normalized spacial score (nSPS) is 11.9. The molecule has 1 aromatic heterocycles. The number of alkyl carbamates (subject to hydrolysis) is 1. The second-order valence-electron chi connectivity index (χ2n) is 12.0. The number of nitrogens with zero attached hydrogens (tertiary/aromatic N) is 3. The lowest BCUT2D eigenvalue weighted by molar-refractivity contribution is -0.135. The van der Waals surface area contributed by atoms with E-state index in [4.69, 9.17) is 10.00 Å². The Labute approximate surface area is 262 Å². The Morgan fingerprint density at radius 3 is 2.39 bits per heavy atom. The van der Waals surface area contributed by atoms with E-state index in [-0.39, 0.29) is 12.0 Å². The molecule has 0 aliphatic carbocycles. The van der Waals surface area contributed by atoms with E-state index in [1.807, 2.05) is 38.7 Å². The van der Waals surface area contributed by atoms with E-state index >= 15 is 0 Å². The molecule has 0 aliphatic rings. The lowest BCUT2D eigenvalue weighted by Crippen LogP contribution is -2.43. The molecule has 0 bridgehead atoms. The minimum absolute atomic E-state index is 0.103. The number of nitriles is 1. The molecule has 0 atom stereocenters. The first kappa shape index (κ1) is 34.2. The molecule has 3 aromatic rings. The molecular formula is C35H48N6O3. The molecular weight excluding hydrogens is 552 g/mol. The van der Waals surface area contributed by atoms with Gasteiger partial charge in [-0.2, -0.15) is 5.26 Å². The van der Waals surface area contributed by atoms with Gasteiger partial charge < -0.3 is 19.9 Å². The molecule has 0 spiro atoms. The Hall–Kier alpha value is -4.32. The predicted molar refractivity (Wildman–Crippen MR) is 178 cm³/mol. The zero-order valence-electron chi connectivity index (χ0n) is 27.6. The first-order chi connectivity index (χ1) is 20.9. The minimum atomic E-state index is -0.697. The summed E-state index contributed by atoms with van der Waals surface area (Å²) in [6.07, 6.45) is 0.742. The summed E-state index contributed by atoms with van der Waals surface area (Å²) in [5.74, 6) is 0.416. The first-order valence-electron chi connectivity index (χ1n) is 15.6. The van der Waals surface area contributed by atoms with Crippen molar-refractivity contribution in [2.45, 2.75) is 86.2 Å². The molecule has 236 valence electrons. The van der Waals surface area contributed by atoms with Gasteiger partial charge in [-0.3, -0.25) is 15.1 Å². The van der Waals surface area contributed by atoms with E-state index in [2.05, 4.69) is 70.9 Å². The summed E-state index contributed by atoms with van der Waals surface area (Å²) in [6.45, 7) is 18.0. The molecule has 3 rings (SSSR count). The van der Waals surface area contributed by atoms with Crippen molar-refractivity contribution in [3.8, 4) is 17.3 Å². The smallest absolute Gasteiger partial charge is 0.414 e. The van der Waals surface area contributed by atoms with Gasteiger partial charge >= 0.3 is 6.09 Å². The summed E-state index contributed by atoms with van der Waals surface area (Å²) in [6, 6.07) is 14.9. The van der Waals surface area contributed by atoms with Crippen molar-refractivity contribution in [3.05, 3.63) is 58.7 Å². The molecule has 0 saturated carbocycles. The van der Waals surface area contributed by atoms with Crippen LogP contribution in [0.3, 0.4) is 0 Å². The van der Waals surface area contributed by atoms with Crippen LogP contribution >= 0.6 is 0 Å². The van der Waals surface area contributed by atoms with Crippen LogP contribution in [0.25, 0.3) is 22.2 Å². The predicted octanol–water partition coefficient (Wildman–Crippen LogP) is 6.52. The van der Waals surface area contributed by atoms with Crippen LogP contribution in [0.2, 0.25) is 0 Å². The van der Waals surface area contributed by atoms with E-state index in [9.17, 15) is 9.59 Å². The SMILES string of the molecule is CCN(CC)C(=O)C(C)(C)c1ccc2[nH]c(-c3cc(C)cc(C)c3)c(CCNC(=NCCCC#N)NC(=O)OC(C)C)c2c1. The monoisotopic (exact) mass is 600 g/mol. The first-order valence-corrected chi connectivity index (χ1v) is 15.6. The number of ether oxygens (including phenoxy) is 1. The van der Waals surface area contributed by atoms with Crippen LogP contribution < -0.4 is 10.6 Å². The van der Waals surface area contributed by atoms with E-state index in [1.165, 1.54) is 11.1 Å².